The van der Waals surface area contributed by atoms with E-state index >= 15 is 0 Å². The van der Waals surface area contributed by atoms with Crippen LogP contribution in [0.2, 0.25) is 18.1 Å². The van der Waals surface area contributed by atoms with Crippen LogP contribution in [-0.4, -0.2) is 48.9 Å². The maximum Gasteiger partial charge on any atom is 0.416 e. The van der Waals surface area contributed by atoms with Gasteiger partial charge in [0.05, 0.1) is 11.1 Å². The number of aryl methyl sites for hydroxylation is 1. The van der Waals surface area contributed by atoms with Gasteiger partial charge in [-0.15, -0.1) is 0 Å². The third kappa shape index (κ3) is 8.67. The zero-order chi connectivity index (χ0) is 29.7. The summed E-state index contributed by atoms with van der Waals surface area (Å²) in [6.45, 7) is 11.4. The van der Waals surface area contributed by atoms with E-state index in [9.17, 15) is 22.8 Å². The first-order valence-electron chi connectivity index (χ1n) is 14.0. The maximum atomic E-state index is 13.3. The second kappa shape index (κ2) is 12.9. The number of carboxylic acid groups (broad SMARTS) is 1. The van der Waals surface area contributed by atoms with Crippen LogP contribution in [0.15, 0.2) is 48.5 Å². The Balaban J connectivity index is 1.66. The molecule has 0 bridgehead atoms. The Labute approximate surface area is 236 Å². The molecule has 2 aromatic carbocycles. The summed E-state index contributed by atoms with van der Waals surface area (Å²) in [5.74, 6) is -0.827. The number of amides is 1. The topological polar surface area (TPSA) is 66.8 Å². The Morgan fingerprint density at radius 2 is 1.77 bits per heavy atom. The lowest BCUT2D eigenvalue weighted by atomic mass is 9.99. The molecule has 2 unspecified atom stereocenters. The largest absolute Gasteiger partial charge is 0.478 e. The number of nitrogens with zero attached hydrogens (tertiary/aromatic N) is 1. The number of likely N-dealkylation sites (tertiary alicyclic amines) is 1. The van der Waals surface area contributed by atoms with E-state index in [1.807, 2.05) is 17.0 Å². The van der Waals surface area contributed by atoms with Gasteiger partial charge < -0.3 is 14.4 Å². The number of aromatic carboxylic acids is 1. The third-order valence-electron chi connectivity index (χ3n) is 8.32. The van der Waals surface area contributed by atoms with E-state index in [0.29, 0.717) is 31.4 Å². The molecule has 1 aliphatic rings. The van der Waals surface area contributed by atoms with Crippen LogP contribution in [0, 0.1) is 0 Å². The Hall–Kier alpha value is -2.65. The average molecular weight is 578 g/mol. The number of carboxylic acids is 1. The fourth-order valence-electron chi connectivity index (χ4n) is 4.98. The van der Waals surface area contributed by atoms with Gasteiger partial charge >= 0.3 is 12.1 Å². The molecule has 1 saturated heterocycles. The normalized spacial score (nSPS) is 17.4. The highest BCUT2D eigenvalue weighted by atomic mass is 28.4. The molecule has 9 heteroatoms. The SMILES string of the molecule is CC(C)(C)[Si](C)(C)OC(CCC1CCC(=O)N1CCCc1ccc(C(=O)O)cc1)Cc1cccc(C(F)(F)F)c1. The highest BCUT2D eigenvalue weighted by Gasteiger charge is 2.40. The van der Waals surface area contributed by atoms with E-state index in [-0.39, 0.29) is 28.7 Å². The predicted molar refractivity (Wildman–Crippen MR) is 153 cm³/mol. The van der Waals surface area contributed by atoms with Crippen LogP contribution in [0.4, 0.5) is 13.2 Å². The quantitative estimate of drug-likeness (QED) is 0.262. The van der Waals surface area contributed by atoms with Crippen LogP contribution in [0.3, 0.4) is 0 Å². The van der Waals surface area contributed by atoms with Gasteiger partial charge in [-0.05, 0) is 86.0 Å². The van der Waals surface area contributed by atoms with Crippen molar-refractivity contribution in [1.82, 2.24) is 4.90 Å². The zero-order valence-corrected chi connectivity index (χ0v) is 25.2. The second-order valence-corrected chi connectivity index (χ2v) is 17.1. The minimum atomic E-state index is -4.39. The van der Waals surface area contributed by atoms with Crippen molar-refractivity contribution >= 4 is 20.2 Å². The van der Waals surface area contributed by atoms with Crippen molar-refractivity contribution in [1.29, 1.82) is 0 Å². The molecule has 0 aliphatic carbocycles. The van der Waals surface area contributed by atoms with Crippen LogP contribution < -0.4 is 0 Å². The summed E-state index contributed by atoms with van der Waals surface area (Å²) in [4.78, 5) is 25.7. The molecule has 220 valence electrons. The van der Waals surface area contributed by atoms with Gasteiger partial charge in [0.2, 0.25) is 5.91 Å². The van der Waals surface area contributed by atoms with Crippen LogP contribution >= 0.6 is 0 Å². The van der Waals surface area contributed by atoms with Crippen molar-refractivity contribution in [3.63, 3.8) is 0 Å². The lowest BCUT2D eigenvalue weighted by molar-refractivity contribution is -0.137. The van der Waals surface area contributed by atoms with Gasteiger partial charge in [-0.3, -0.25) is 4.79 Å². The summed E-state index contributed by atoms with van der Waals surface area (Å²) >= 11 is 0. The molecule has 0 saturated carbocycles. The van der Waals surface area contributed by atoms with E-state index in [4.69, 9.17) is 9.53 Å². The van der Waals surface area contributed by atoms with Crippen LogP contribution in [0.25, 0.3) is 0 Å². The fraction of sp³-hybridized carbons (Fsp3) is 0.548. The van der Waals surface area contributed by atoms with Gasteiger partial charge in [0.1, 0.15) is 0 Å². The number of carbonyl (C=O) groups is 2. The second-order valence-electron chi connectivity index (χ2n) is 12.4. The average Bonchev–Trinajstić information content (AvgIpc) is 3.21. The summed E-state index contributed by atoms with van der Waals surface area (Å²) in [6, 6.07) is 12.4. The first kappa shape index (κ1) is 31.9. The van der Waals surface area contributed by atoms with Crippen LogP contribution in [-0.2, 0) is 28.2 Å². The van der Waals surface area contributed by atoms with Crippen molar-refractivity contribution in [2.75, 3.05) is 6.54 Å². The number of carbonyl (C=O) groups excluding carboxylic acids is 1. The van der Waals surface area contributed by atoms with Gasteiger partial charge in [0, 0.05) is 25.1 Å². The maximum absolute atomic E-state index is 13.3. The summed E-state index contributed by atoms with van der Waals surface area (Å²) < 4.78 is 46.7. The van der Waals surface area contributed by atoms with Crippen molar-refractivity contribution in [2.24, 2.45) is 0 Å². The number of hydrogen-bond donors (Lipinski definition) is 1. The molecule has 0 radical (unpaired) electrons. The highest BCUT2D eigenvalue weighted by Crippen LogP contribution is 2.39. The van der Waals surface area contributed by atoms with Crippen LogP contribution in [0.5, 0.6) is 0 Å². The number of rotatable bonds is 12. The molecule has 40 heavy (non-hydrogen) atoms. The van der Waals surface area contributed by atoms with Gasteiger partial charge in [0.15, 0.2) is 8.32 Å². The molecule has 2 atom stereocenters. The van der Waals surface area contributed by atoms with Gasteiger partial charge in [-0.2, -0.15) is 13.2 Å². The Bertz CT molecular complexity index is 1160. The van der Waals surface area contributed by atoms with Crippen LogP contribution in [0.1, 0.15) is 79.9 Å². The minimum Gasteiger partial charge on any atom is -0.478 e. The van der Waals surface area contributed by atoms with E-state index < -0.39 is 26.0 Å². The van der Waals surface area contributed by atoms with Crippen molar-refractivity contribution < 1.29 is 32.3 Å². The molecule has 0 spiro atoms. The molecule has 2 aromatic rings. The number of alkyl halides is 3. The van der Waals surface area contributed by atoms with Crippen molar-refractivity contribution in [3.05, 3.63) is 70.8 Å². The zero-order valence-electron chi connectivity index (χ0n) is 24.2. The summed E-state index contributed by atoms with van der Waals surface area (Å²) in [6.07, 6.45) is -0.0772. The number of benzene rings is 2. The molecule has 1 heterocycles. The van der Waals surface area contributed by atoms with Gasteiger partial charge in [-0.1, -0.05) is 51.1 Å². The van der Waals surface area contributed by atoms with E-state index in [1.54, 1.807) is 18.2 Å². The Morgan fingerprint density at radius 1 is 1.10 bits per heavy atom. The lowest BCUT2D eigenvalue weighted by Crippen LogP contribution is -2.45. The molecule has 5 nitrogen and oxygen atoms in total. The van der Waals surface area contributed by atoms with Crippen molar-refractivity contribution in [2.45, 2.75) is 102 Å². The monoisotopic (exact) mass is 577 g/mol. The Kier molecular flexibility index (Phi) is 10.3. The summed E-state index contributed by atoms with van der Waals surface area (Å²) in [5, 5.41) is 9.03. The molecule has 1 N–H and O–H groups in total. The molecular formula is C31H42F3NO4Si. The molecule has 1 fully saturated rings. The lowest BCUT2D eigenvalue weighted by Gasteiger charge is -2.40. The fourth-order valence-corrected chi connectivity index (χ4v) is 6.37. The molecule has 1 amide bonds. The smallest absolute Gasteiger partial charge is 0.416 e. The van der Waals surface area contributed by atoms with Crippen molar-refractivity contribution in [3.8, 4) is 0 Å². The van der Waals surface area contributed by atoms with E-state index in [0.717, 1.165) is 37.3 Å². The standard InChI is InChI=1S/C31H42F3NO4Si/c1-30(2,3)40(4,5)39-27(21-23-8-6-10-25(20-23)31(32,33)34)17-15-26-16-18-28(36)35(26)19-7-9-22-11-13-24(14-12-22)29(37)38/h6,8,10-14,20,26-27H,7,9,15-19,21H2,1-5H3,(H,37,38). The molecular weight excluding hydrogens is 535 g/mol. The predicted octanol–water partition coefficient (Wildman–Crippen LogP) is 7.74. The minimum absolute atomic E-state index is 0.0445. The summed E-state index contributed by atoms with van der Waals surface area (Å²) in [5.41, 5.74) is 1.23. The van der Waals surface area contributed by atoms with Gasteiger partial charge in [-0.25, -0.2) is 4.79 Å². The first-order chi connectivity index (χ1) is 18.6. The van der Waals surface area contributed by atoms with Gasteiger partial charge in [0.25, 0.3) is 0 Å². The molecule has 3 rings (SSSR count). The van der Waals surface area contributed by atoms with E-state index in [1.165, 1.54) is 12.1 Å². The summed E-state index contributed by atoms with van der Waals surface area (Å²) in [7, 11) is -2.19. The Morgan fingerprint density at radius 3 is 2.38 bits per heavy atom. The number of hydrogen-bond acceptors (Lipinski definition) is 3. The highest BCUT2D eigenvalue weighted by molar-refractivity contribution is 6.74. The number of halogens is 3. The van der Waals surface area contributed by atoms with E-state index in [2.05, 4.69) is 33.9 Å². The first-order valence-corrected chi connectivity index (χ1v) is 16.9. The molecule has 1 aliphatic heterocycles. The third-order valence-corrected chi connectivity index (χ3v) is 12.9. The molecule has 0 aromatic heterocycles.